The zero-order valence-electron chi connectivity index (χ0n) is 6.43. The molecule has 0 unspecified atom stereocenters. The van der Waals surface area contributed by atoms with Gasteiger partial charge in [0.05, 0.1) is 0 Å². The zero-order chi connectivity index (χ0) is 6.10. The summed E-state index contributed by atoms with van der Waals surface area (Å²) in [6.45, 7) is 0. The van der Waals surface area contributed by atoms with Crippen LogP contribution in [0, 0.1) is 0 Å². The Kier molecular flexibility index (Phi) is 8.54. The Bertz CT molecular complexity index is 258. The van der Waals surface area contributed by atoms with Gasteiger partial charge in [0.15, 0.2) is 0 Å². The van der Waals surface area contributed by atoms with Crippen LogP contribution in [0.1, 0.15) is 11.1 Å². The van der Waals surface area contributed by atoms with Gasteiger partial charge in [0, 0.05) is 0 Å². The molecule has 1 aliphatic carbocycles. The predicted octanol–water partition coefficient (Wildman–Crippen LogP) is -3.74. The first kappa shape index (κ1) is 14.9. The Morgan fingerprint density at radius 1 is 1.00 bits per heavy atom. The van der Waals surface area contributed by atoms with Crippen molar-refractivity contribution >= 4 is 6.08 Å². The van der Waals surface area contributed by atoms with Crippen molar-refractivity contribution in [1.29, 1.82) is 0 Å². The van der Waals surface area contributed by atoms with E-state index in [0.717, 1.165) is 6.42 Å². The number of rotatable bonds is 0. The third kappa shape index (κ3) is 3.04. The minimum absolute atomic E-state index is 0. The summed E-state index contributed by atoms with van der Waals surface area (Å²) >= 11 is 0. The SMILES string of the molecule is C1=Cc2ccccc2C1.[Cl-].[Cl-].[Hf+2]. The summed E-state index contributed by atoms with van der Waals surface area (Å²) in [7, 11) is 0. The van der Waals surface area contributed by atoms with Gasteiger partial charge in [-0.3, -0.25) is 0 Å². The fraction of sp³-hybridized carbons (Fsp3) is 0.111. The number of hydrogen-bond donors (Lipinski definition) is 0. The Morgan fingerprint density at radius 3 is 2.33 bits per heavy atom. The molecule has 0 aromatic heterocycles. The minimum atomic E-state index is 0. The summed E-state index contributed by atoms with van der Waals surface area (Å²) in [6.07, 6.45) is 5.50. The van der Waals surface area contributed by atoms with Gasteiger partial charge in [-0.05, 0) is 17.5 Å². The largest absolute Gasteiger partial charge is 2.00 e. The van der Waals surface area contributed by atoms with E-state index in [-0.39, 0.29) is 50.7 Å². The van der Waals surface area contributed by atoms with Crippen LogP contribution < -0.4 is 24.8 Å². The minimum Gasteiger partial charge on any atom is -1.00 e. The Labute approximate surface area is 104 Å². The van der Waals surface area contributed by atoms with Crippen molar-refractivity contribution < 1.29 is 50.7 Å². The maximum absolute atomic E-state index is 2.20. The van der Waals surface area contributed by atoms with E-state index >= 15 is 0 Å². The number of benzene rings is 1. The molecule has 0 atom stereocenters. The first-order valence-electron chi connectivity index (χ1n) is 3.21. The molecule has 0 nitrogen and oxygen atoms in total. The first-order chi connectivity index (χ1) is 4.47. The Balaban J connectivity index is 0. The van der Waals surface area contributed by atoms with Gasteiger partial charge in [0.1, 0.15) is 0 Å². The summed E-state index contributed by atoms with van der Waals surface area (Å²) < 4.78 is 0. The van der Waals surface area contributed by atoms with Crippen LogP contribution in [0.5, 0.6) is 0 Å². The molecule has 0 radical (unpaired) electrons. The Hall–Kier alpha value is 0.410. The molecular weight excluding hydrogens is 357 g/mol. The van der Waals surface area contributed by atoms with Crippen molar-refractivity contribution in [2.75, 3.05) is 0 Å². The van der Waals surface area contributed by atoms with Crippen molar-refractivity contribution in [3.8, 4) is 0 Å². The maximum atomic E-state index is 2.20. The van der Waals surface area contributed by atoms with Crippen molar-refractivity contribution in [1.82, 2.24) is 0 Å². The second kappa shape index (κ2) is 6.88. The molecule has 12 heavy (non-hydrogen) atoms. The van der Waals surface area contributed by atoms with Crippen LogP contribution in [0.3, 0.4) is 0 Å². The summed E-state index contributed by atoms with van der Waals surface area (Å²) in [6, 6.07) is 8.49. The van der Waals surface area contributed by atoms with Gasteiger partial charge in [-0.15, -0.1) is 0 Å². The van der Waals surface area contributed by atoms with E-state index < -0.39 is 0 Å². The van der Waals surface area contributed by atoms with E-state index in [0.29, 0.717) is 0 Å². The number of halogens is 2. The van der Waals surface area contributed by atoms with Crippen molar-refractivity contribution in [3.63, 3.8) is 0 Å². The van der Waals surface area contributed by atoms with Crippen LogP contribution in [0.15, 0.2) is 30.3 Å². The van der Waals surface area contributed by atoms with Gasteiger partial charge in [0.2, 0.25) is 0 Å². The molecule has 0 saturated carbocycles. The Morgan fingerprint density at radius 2 is 1.67 bits per heavy atom. The summed E-state index contributed by atoms with van der Waals surface area (Å²) in [5, 5.41) is 0. The molecule has 0 saturated heterocycles. The molecule has 0 spiro atoms. The van der Waals surface area contributed by atoms with Crippen LogP contribution in [0.2, 0.25) is 0 Å². The summed E-state index contributed by atoms with van der Waals surface area (Å²) in [4.78, 5) is 0. The molecule has 1 aromatic carbocycles. The second-order valence-electron chi connectivity index (χ2n) is 2.31. The van der Waals surface area contributed by atoms with Crippen LogP contribution in [0.4, 0.5) is 0 Å². The molecule has 0 N–H and O–H groups in total. The third-order valence-electron chi connectivity index (χ3n) is 1.69. The summed E-state index contributed by atoms with van der Waals surface area (Å²) in [5.74, 6) is 0. The van der Waals surface area contributed by atoms with Gasteiger partial charge >= 0.3 is 25.8 Å². The molecule has 3 heteroatoms. The van der Waals surface area contributed by atoms with Crippen molar-refractivity contribution in [3.05, 3.63) is 41.5 Å². The van der Waals surface area contributed by atoms with Gasteiger partial charge in [-0.1, -0.05) is 36.4 Å². The van der Waals surface area contributed by atoms with Crippen LogP contribution >= 0.6 is 0 Å². The first-order valence-corrected chi connectivity index (χ1v) is 3.21. The molecule has 0 heterocycles. The topological polar surface area (TPSA) is 0 Å². The number of fused-ring (bicyclic) bond motifs is 1. The van der Waals surface area contributed by atoms with Gasteiger partial charge in [-0.25, -0.2) is 0 Å². The van der Waals surface area contributed by atoms with Crippen molar-refractivity contribution in [2.24, 2.45) is 0 Å². The van der Waals surface area contributed by atoms with Gasteiger partial charge < -0.3 is 24.8 Å². The van der Waals surface area contributed by atoms with Crippen LogP contribution in [0.25, 0.3) is 6.08 Å². The number of allylic oxidation sites excluding steroid dienone is 1. The van der Waals surface area contributed by atoms with Crippen molar-refractivity contribution in [2.45, 2.75) is 6.42 Å². The molecule has 0 fully saturated rings. The van der Waals surface area contributed by atoms with Gasteiger partial charge in [0.25, 0.3) is 0 Å². The number of hydrogen-bond acceptors (Lipinski definition) is 0. The molecule has 1 aromatic rings. The molecule has 0 amide bonds. The van der Waals surface area contributed by atoms with Crippen LogP contribution in [-0.2, 0) is 32.3 Å². The molecule has 0 aliphatic heterocycles. The fourth-order valence-corrected chi connectivity index (χ4v) is 1.20. The van der Waals surface area contributed by atoms with E-state index in [9.17, 15) is 0 Å². The standard InChI is InChI=1S/C9H8.2ClH.Hf/c1-2-5-9-7-3-6-8(9)4-1;;;/h1-6H,7H2;2*1H;/q;;;+2/p-2. The summed E-state index contributed by atoms with van der Waals surface area (Å²) in [5.41, 5.74) is 2.84. The molecule has 2 rings (SSSR count). The van der Waals surface area contributed by atoms with E-state index in [2.05, 4.69) is 36.4 Å². The molecule has 62 valence electrons. The predicted molar refractivity (Wildman–Crippen MR) is 39.2 cm³/mol. The average Bonchev–Trinajstić information content (AvgIpc) is 2.33. The van der Waals surface area contributed by atoms with E-state index in [1.54, 1.807) is 0 Å². The van der Waals surface area contributed by atoms with Crippen LogP contribution in [-0.4, -0.2) is 0 Å². The van der Waals surface area contributed by atoms with E-state index in [4.69, 9.17) is 0 Å². The zero-order valence-corrected chi connectivity index (χ0v) is 11.5. The molecule has 0 bridgehead atoms. The maximum Gasteiger partial charge on any atom is 2.00 e. The van der Waals surface area contributed by atoms with E-state index in [1.807, 2.05) is 0 Å². The third-order valence-corrected chi connectivity index (χ3v) is 1.69. The molecule has 1 aliphatic rings. The fourth-order valence-electron chi connectivity index (χ4n) is 1.20. The normalized spacial score (nSPS) is 10.3. The van der Waals surface area contributed by atoms with Gasteiger partial charge in [-0.2, -0.15) is 0 Å². The van der Waals surface area contributed by atoms with E-state index in [1.165, 1.54) is 11.1 Å². The quantitative estimate of drug-likeness (QED) is 0.415. The monoisotopic (exact) mass is 366 g/mol. The second-order valence-corrected chi connectivity index (χ2v) is 2.31. The molecular formula is C9H8Cl2Hf. The smallest absolute Gasteiger partial charge is 1.00 e. The average molecular weight is 366 g/mol.